The quantitative estimate of drug-likeness (QED) is 0.777. The van der Waals surface area contributed by atoms with Crippen LogP contribution in [0.3, 0.4) is 0 Å². The van der Waals surface area contributed by atoms with E-state index >= 15 is 0 Å². The van der Waals surface area contributed by atoms with E-state index < -0.39 is 0 Å². The summed E-state index contributed by atoms with van der Waals surface area (Å²) in [7, 11) is 1.77. The molecule has 1 atom stereocenters. The predicted octanol–water partition coefficient (Wildman–Crippen LogP) is 0.816. The summed E-state index contributed by atoms with van der Waals surface area (Å²) < 4.78 is 5.21. The van der Waals surface area contributed by atoms with Crippen LogP contribution >= 0.6 is 0 Å². The van der Waals surface area contributed by atoms with Gasteiger partial charge in [-0.25, -0.2) is 0 Å². The van der Waals surface area contributed by atoms with Crippen LogP contribution in [0, 0.1) is 5.92 Å². The number of nitrogens with zero attached hydrogens (tertiary/aromatic N) is 4. The molecule has 2 amide bonds. The van der Waals surface area contributed by atoms with Crippen molar-refractivity contribution in [1.29, 1.82) is 0 Å². The van der Waals surface area contributed by atoms with Gasteiger partial charge in [-0.1, -0.05) is 5.16 Å². The number of aromatic nitrogens is 2. The van der Waals surface area contributed by atoms with E-state index in [4.69, 9.17) is 4.52 Å². The number of amides is 2. The van der Waals surface area contributed by atoms with Crippen LogP contribution in [0.5, 0.6) is 0 Å². The third kappa shape index (κ3) is 3.13. The van der Waals surface area contributed by atoms with Crippen LogP contribution in [-0.2, 0) is 16.0 Å². The summed E-state index contributed by atoms with van der Waals surface area (Å²) >= 11 is 0. The second-order valence-electron chi connectivity index (χ2n) is 6.17. The molecule has 7 heteroatoms. The van der Waals surface area contributed by atoms with Crippen molar-refractivity contribution in [2.24, 2.45) is 5.92 Å². The van der Waals surface area contributed by atoms with Crippen molar-refractivity contribution in [2.75, 3.05) is 26.7 Å². The molecule has 1 aromatic rings. The number of likely N-dealkylation sites (N-methyl/N-ethyl adjacent to an activating group) is 1. The maximum atomic E-state index is 12.4. The highest BCUT2D eigenvalue weighted by molar-refractivity contribution is 5.89. The van der Waals surface area contributed by atoms with Gasteiger partial charge in [0.25, 0.3) is 0 Å². The number of carbonyl (C=O) groups excluding carboxylic acids is 2. The number of carbonyl (C=O) groups is 2. The molecule has 1 unspecified atom stereocenters. The van der Waals surface area contributed by atoms with Gasteiger partial charge in [0.2, 0.25) is 17.7 Å². The Kier molecular flexibility index (Phi) is 4.13. The molecule has 1 aliphatic heterocycles. The molecule has 3 rings (SSSR count). The Morgan fingerprint density at radius 2 is 2.23 bits per heavy atom. The van der Waals surface area contributed by atoms with E-state index in [9.17, 15) is 9.59 Å². The summed E-state index contributed by atoms with van der Waals surface area (Å²) in [6.07, 6.45) is 3.16. The standard InChI is InChI=1S/C15H22N4O3/c1-3-19-9-11(8-13(19)20)15(21)18(2)7-6-12-16-14(22-17-12)10-4-5-10/h10-11H,3-9H2,1-2H3. The van der Waals surface area contributed by atoms with Gasteiger partial charge < -0.3 is 14.3 Å². The van der Waals surface area contributed by atoms with Crippen molar-refractivity contribution in [3.63, 3.8) is 0 Å². The Morgan fingerprint density at radius 1 is 1.45 bits per heavy atom. The SMILES string of the molecule is CCN1CC(C(=O)N(C)CCc2noc(C3CC3)n2)CC1=O. The monoisotopic (exact) mass is 306 g/mol. The number of hydrogen-bond donors (Lipinski definition) is 0. The third-order valence-electron chi connectivity index (χ3n) is 4.40. The van der Waals surface area contributed by atoms with Gasteiger partial charge in [0.1, 0.15) is 0 Å². The fraction of sp³-hybridized carbons (Fsp3) is 0.733. The molecule has 0 aromatic carbocycles. The van der Waals surface area contributed by atoms with E-state index in [0.717, 1.165) is 18.7 Å². The molecule has 7 nitrogen and oxygen atoms in total. The van der Waals surface area contributed by atoms with E-state index in [2.05, 4.69) is 10.1 Å². The van der Waals surface area contributed by atoms with Gasteiger partial charge in [-0.3, -0.25) is 9.59 Å². The minimum Gasteiger partial charge on any atom is -0.345 e. The van der Waals surface area contributed by atoms with Gasteiger partial charge in [0.15, 0.2) is 5.82 Å². The maximum Gasteiger partial charge on any atom is 0.229 e. The average molecular weight is 306 g/mol. The molecular weight excluding hydrogens is 284 g/mol. The lowest BCUT2D eigenvalue weighted by Gasteiger charge is -2.20. The van der Waals surface area contributed by atoms with Crippen LogP contribution in [0.4, 0.5) is 0 Å². The summed E-state index contributed by atoms with van der Waals surface area (Å²) in [6, 6.07) is 0. The van der Waals surface area contributed by atoms with Gasteiger partial charge in [0, 0.05) is 45.4 Å². The summed E-state index contributed by atoms with van der Waals surface area (Å²) in [5.41, 5.74) is 0. The molecule has 120 valence electrons. The van der Waals surface area contributed by atoms with E-state index in [1.165, 1.54) is 0 Å². The molecule has 1 aliphatic carbocycles. The van der Waals surface area contributed by atoms with Gasteiger partial charge in [-0.2, -0.15) is 4.98 Å². The molecule has 1 aromatic heterocycles. The van der Waals surface area contributed by atoms with Gasteiger partial charge in [0.05, 0.1) is 5.92 Å². The highest BCUT2D eigenvalue weighted by Gasteiger charge is 2.35. The van der Waals surface area contributed by atoms with Crippen LogP contribution in [-0.4, -0.2) is 58.4 Å². The molecule has 22 heavy (non-hydrogen) atoms. The van der Waals surface area contributed by atoms with Gasteiger partial charge in [-0.15, -0.1) is 0 Å². The first-order valence-electron chi connectivity index (χ1n) is 7.93. The molecule has 0 N–H and O–H groups in total. The first-order valence-corrected chi connectivity index (χ1v) is 7.93. The predicted molar refractivity (Wildman–Crippen MR) is 78.0 cm³/mol. The Hall–Kier alpha value is -1.92. The molecule has 0 radical (unpaired) electrons. The van der Waals surface area contributed by atoms with Gasteiger partial charge >= 0.3 is 0 Å². The zero-order valence-corrected chi connectivity index (χ0v) is 13.1. The Labute approximate surface area is 129 Å². The molecule has 2 heterocycles. The van der Waals surface area contributed by atoms with E-state index in [-0.39, 0.29) is 17.7 Å². The zero-order chi connectivity index (χ0) is 15.7. The second kappa shape index (κ2) is 6.06. The summed E-state index contributed by atoms with van der Waals surface area (Å²) in [4.78, 5) is 31.9. The number of likely N-dealkylation sites (tertiary alicyclic amines) is 1. The summed E-state index contributed by atoms with van der Waals surface area (Å²) in [5, 5.41) is 3.96. The second-order valence-corrected chi connectivity index (χ2v) is 6.17. The zero-order valence-electron chi connectivity index (χ0n) is 13.1. The van der Waals surface area contributed by atoms with E-state index in [1.54, 1.807) is 16.8 Å². The summed E-state index contributed by atoms with van der Waals surface area (Å²) in [6.45, 7) is 3.67. The Balaban J connectivity index is 1.49. The average Bonchev–Trinajstić information content (AvgIpc) is 3.14. The van der Waals surface area contributed by atoms with Crippen molar-refractivity contribution >= 4 is 11.8 Å². The molecule has 2 fully saturated rings. The smallest absolute Gasteiger partial charge is 0.229 e. The molecule has 1 saturated heterocycles. The lowest BCUT2D eigenvalue weighted by molar-refractivity contribution is -0.134. The largest absolute Gasteiger partial charge is 0.345 e. The highest BCUT2D eigenvalue weighted by Crippen LogP contribution is 2.38. The highest BCUT2D eigenvalue weighted by atomic mass is 16.5. The van der Waals surface area contributed by atoms with Crippen LogP contribution in [0.15, 0.2) is 4.52 Å². The van der Waals surface area contributed by atoms with Crippen LogP contribution < -0.4 is 0 Å². The molecular formula is C15H22N4O3. The molecule has 2 aliphatic rings. The van der Waals surface area contributed by atoms with Crippen molar-refractivity contribution in [3.05, 3.63) is 11.7 Å². The lowest BCUT2D eigenvalue weighted by atomic mass is 10.1. The van der Waals surface area contributed by atoms with Crippen LogP contribution in [0.2, 0.25) is 0 Å². The van der Waals surface area contributed by atoms with E-state index in [0.29, 0.717) is 44.2 Å². The molecule has 1 saturated carbocycles. The summed E-state index contributed by atoms with van der Waals surface area (Å²) in [5.74, 6) is 1.70. The maximum absolute atomic E-state index is 12.4. The Bertz CT molecular complexity index is 567. The first kappa shape index (κ1) is 15.0. The van der Waals surface area contributed by atoms with Crippen LogP contribution in [0.25, 0.3) is 0 Å². The normalized spacial score (nSPS) is 21.5. The third-order valence-corrected chi connectivity index (χ3v) is 4.40. The number of rotatable bonds is 6. The lowest BCUT2D eigenvalue weighted by Crippen LogP contribution is -2.36. The first-order chi connectivity index (χ1) is 10.6. The van der Waals surface area contributed by atoms with Crippen molar-refractivity contribution < 1.29 is 14.1 Å². The van der Waals surface area contributed by atoms with Crippen molar-refractivity contribution in [2.45, 2.75) is 38.5 Å². The van der Waals surface area contributed by atoms with Crippen LogP contribution in [0.1, 0.15) is 43.8 Å². The fourth-order valence-electron chi connectivity index (χ4n) is 2.80. The topological polar surface area (TPSA) is 79.5 Å². The van der Waals surface area contributed by atoms with Crippen molar-refractivity contribution in [3.8, 4) is 0 Å². The minimum absolute atomic E-state index is 0.0233. The van der Waals surface area contributed by atoms with E-state index in [1.807, 2.05) is 6.92 Å². The molecule has 0 bridgehead atoms. The minimum atomic E-state index is -0.218. The fourth-order valence-corrected chi connectivity index (χ4v) is 2.80. The van der Waals surface area contributed by atoms with Crippen molar-refractivity contribution in [1.82, 2.24) is 19.9 Å². The molecule has 0 spiro atoms. The Morgan fingerprint density at radius 3 is 2.86 bits per heavy atom. The number of hydrogen-bond acceptors (Lipinski definition) is 5. The van der Waals surface area contributed by atoms with Gasteiger partial charge in [-0.05, 0) is 19.8 Å².